The Morgan fingerprint density at radius 1 is 0.708 bits per heavy atom. The average molecular weight is 675 g/mol. The Balaban J connectivity index is 1.35. The maximum Gasteiger partial charge on any atom is 0.332 e. The number of carbonyl (C=O) groups excluding carboxylic acids is 2. The van der Waals surface area contributed by atoms with Crippen LogP contribution in [0.5, 0.6) is 0 Å². The summed E-state index contributed by atoms with van der Waals surface area (Å²) in [6.45, 7) is 17.3. The quantitative estimate of drug-likeness (QED) is 0.179. The van der Waals surface area contributed by atoms with Gasteiger partial charge in [0.2, 0.25) is 0 Å². The third kappa shape index (κ3) is 6.22. The van der Waals surface area contributed by atoms with Gasteiger partial charge in [0.05, 0.1) is 6.61 Å². The number of fused-ring (bicyclic) bond motifs is 7. The second-order valence-corrected chi connectivity index (χ2v) is 17.3. The van der Waals surface area contributed by atoms with E-state index in [1.807, 2.05) is 0 Å². The van der Waals surface area contributed by atoms with Crippen molar-refractivity contribution in [3.63, 3.8) is 0 Å². The molecule has 0 amide bonds. The minimum Gasteiger partial charge on any atom is -0.480 e. The van der Waals surface area contributed by atoms with Crippen LogP contribution in [0.25, 0.3) is 0 Å². The summed E-state index contributed by atoms with van der Waals surface area (Å²) in [7, 11) is 0. The van der Waals surface area contributed by atoms with Crippen LogP contribution in [0.4, 0.5) is 0 Å². The molecular weight excluding hydrogens is 616 g/mol. The molecule has 0 aliphatic heterocycles. The Hall–Kier alpha value is -2.46. The number of hydrogen-bond donors (Lipinski definition) is 2. The first kappa shape index (κ1) is 36.8. The molecule has 0 aromatic heterocycles. The molecule has 5 fully saturated rings. The van der Waals surface area contributed by atoms with Crippen LogP contribution in [0.3, 0.4) is 0 Å². The third-order valence-electron chi connectivity index (χ3n) is 14.9. The van der Waals surface area contributed by atoms with Gasteiger partial charge in [-0.15, -0.1) is 0 Å². The minimum absolute atomic E-state index is 0.0939. The topological polar surface area (TPSA) is 146 Å². The van der Waals surface area contributed by atoms with Gasteiger partial charge in [-0.25, -0.2) is 19.2 Å². The van der Waals surface area contributed by atoms with Gasteiger partial charge in [0.1, 0.15) is 32.5 Å². The predicted octanol–water partition coefficient (Wildman–Crippen LogP) is 6.30. The number of ether oxygens (including phenoxy) is 4. The number of hydrogen-bond acceptors (Lipinski definition) is 8. The van der Waals surface area contributed by atoms with Gasteiger partial charge in [-0.2, -0.15) is 0 Å². The van der Waals surface area contributed by atoms with Crippen molar-refractivity contribution in [3.05, 3.63) is 12.2 Å². The summed E-state index contributed by atoms with van der Waals surface area (Å²) in [5.41, 5.74) is 1.20. The highest BCUT2D eigenvalue weighted by atomic mass is 16.6. The van der Waals surface area contributed by atoms with Crippen LogP contribution in [0.1, 0.15) is 106 Å². The van der Waals surface area contributed by atoms with E-state index in [0.717, 1.165) is 64.2 Å². The van der Waals surface area contributed by atoms with Crippen molar-refractivity contribution in [1.82, 2.24) is 0 Å². The summed E-state index contributed by atoms with van der Waals surface area (Å²) in [6, 6.07) is 0. The van der Waals surface area contributed by atoms with Crippen LogP contribution >= 0.6 is 0 Å². The van der Waals surface area contributed by atoms with Gasteiger partial charge in [0.15, 0.2) is 0 Å². The number of esters is 2. The van der Waals surface area contributed by atoms with E-state index < -0.39 is 37.1 Å². The molecule has 10 heteroatoms. The zero-order chi connectivity index (χ0) is 35.3. The highest BCUT2D eigenvalue weighted by Crippen LogP contribution is 2.77. The van der Waals surface area contributed by atoms with Gasteiger partial charge in [0.25, 0.3) is 0 Å². The Labute approximate surface area is 285 Å². The van der Waals surface area contributed by atoms with Gasteiger partial charge in [-0.3, -0.25) is 0 Å². The Morgan fingerprint density at radius 2 is 1.35 bits per heavy atom. The molecule has 0 heterocycles. The molecule has 2 N–H and O–H groups in total. The van der Waals surface area contributed by atoms with Crippen molar-refractivity contribution < 1.29 is 48.3 Å². The fourth-order valence-corrected chi connectivity index (χ4v) is 12.6. The number of carbonyl (C=O) groups is 4. The van der Waals surface area contributed by atoms with E-state index in [2.05, 4.69) is 48.1 Å². The zero-order valence-corrected chi connectivity index (χ0v) is 29.9. The van der Waals surface area contributed by atoms with Crippen LogP contribution in [0, 0.1) is 56.7 Å². The number of carboxylic acids is 2. The highest BCUT2D eigenvalue weighted by molar-refractivity contribution is 5.73. The summed E-state index contributed by atoms with van der Waals surface area (Å²) >= 11 is 0. The molecule has 0 spiro atoms. The van der Waals surface area contributed by atoms with Crippen LogP contribution < -0.4 is 0 Å². The maximum atomic E-state index is 12.6. The molecule has 0 bridgehead atoms. The second-order valence-electron chi connectivity index (χ2n) is 17.3. The number of carboxylic acid groups (broad SMARTS) is 2. The van der Waals surface area contributed by atoms with E-state index in [1.165, 1.54) is 5.57 Å². The largest absolute Gasteiger partial charge is 0.480 e. The van der Waals surface area contributed by atoms with Crippen molar-refractivity contribution in [1.29, 1.82) is 0 Å². The van der Waals surface area contributed by atoms with Crippen molar-refractivity contribution in [2.24, 2.45) is 56.7 Å². The monoisotopic (exact) mass is 674 g/mol. The van der Waals surface area contributed by atoms with Gasteiger partial charge in [-0.05, 0) is 117 Å². The summed E-state index contributed by atoms with van der Waals surface area (Å²) < 4.78 is 21.9. The summed E-state index contributed by atoms with van der Waals surface area (Å²) in [6.07, 6.45) is 10.1. The van der Waals surface area contributed by atoms with Crippen LogP contribution in [-0.4, -0.2) is 73.2 Å². The summed E-state index contributed by atoms with van der Waals surface area (Å²) in [4.78, 5) is 46.9. The zero-order valence-electron chi connectivity index (χ0n) is 29.9. The predicted molar refractivity (Wildman–Crippen MR) is 177 cm³/mol. The van der Waals surface area contributed by atoms with Crippen LogP contribution in [0.15, 0.2) is 12.2 Å². The lowest BCUT2D eigenvalue weighted by molar-refractivity contribution is -0.252. The molecular formula is C38H58O10. The fraction of sp³-hybridized carbons (Fsp3) is 0.842. The highest BCUT2D eigenvalue weighted by Gasteiger charge is 2.71. The SMILES string of the molecule is C=C(C)[C@@H]1CC[C@]2(COC(=O)COCC(=O)O)CC[C@]3(C)[C@H](CC[C@@H]4[C@@]5(C)CC[C@H](OC(=O)COCC(=O)O)C(C)(C)[C@@H]5CC[C@]43C)[C@@H]12. The van der Waals surface area contributed by atoms with Gasteiger partial charge < -0.3 is 29.2 Å². The van der Waals surface area contributed by atoms with Gasteiger partial charge in [-0.1, -0.05) is 46.8 Å². The van der Waals surface area contributed by atoms with E-state index in [4.69, 9.17) is 29.2 Å². The van der Waals surface area contributed by atoms with Crippen LogP contribution in [0.2, 0.25) is 0 Å². The molecule has 10 nitrogen and oxygen atoms in total. The first-order valence-corrected chi connectivity index (χ1v) is 18.0. The molecule has 5 aliphatic rings. The number of aliphatic carboxylic acids is 2. The lowest BCUT2D eigenvalue weighted by Gasteiger charge is -2.73. The van der Waals surface area contributed by atoms with E-state index >= 15 is 0 Å². The maximum absolute atomic E-state index is 12.6. The normalized spacial score (nSPS) is 41.1. The standard InChI is InChI=1S/C38H58O10/c1-23(2)24-10-15-38(22-47-31(43)20-45-18-29(39)40)17-16-36(6)25(33(24)38)8-9-27-35(5)13-12-28(48-32(44)21-46-19-30(41)42)34(3,4)26(35)11-14-37(27,36)7/h24-28,33H,1,8-22H2,2-7H3,(H,39,40)(H,41,42)/t24-,25+,26-,27+,28-,33+,35-,36+,37+,38+/m0/s1. The Morgan fingerprint density at radius 3 is 1.98 bits per heavy atom. The molecule has 5 rings (SSSR count). The summed E-state index contributed by atoms with van der Waals surface area (Å²) in [5, 5.41) is 17.7. The summed E-state index contributed by atoms with van der Waals surface area (Å²) in [5.74, 6) is -1.08. The van der Waals surface area contributed by atoms with E-state index in [0.29, 0.717) is 36.2 Å². The number of rotatable bonds is 12. The molecule has 0 unspecified atom stereocenters. The van der Waals surface area contributed by atoms with Crippen LogP contribution in [-0.2, 0) is 38.1 Å². The first-order chi connectivity index (χ1) is 22.4. The van der Waals surface area contributed by atoms with E-state index in [-0.39, 0.29) is 46.4 Å². The van der Waals surface area contributed by atoms with E-state index in [9.17, 15) is 19.2 Å². The molecule has 5 aliphatic carbocycles. The van der Waals surface area contributed by atoms with Crippen molar-refractivity contribution >= 4 is 23.9 Å². The second kappa shape index (κ2) is 13.3. The molecule has 0 aromatic rings. The Kier molecular flexibility index (Phi) is 10.2. The van der Waals surface area contributed by atoms with Crippen molar-refractivity contribution in [2.75, 3.05) is 33.0 Å². The van der Waals surface area contributed by atoms with Crippen molar-refractivity contribution in [3.8, 4) is 0 Å². The molecule has 10 atom stereocenters. The van der Waals surface area contributed by atoms with Crippen molar-refractivity contribution in [2.45, 2.75) is 112 Å². The lowest BCUT2D eigenvalue weighted by atomic mass is 9.32. The number of allylic oxidation sites excluding steroid dienone is 1. The molecule has 270 valence electrons. The molecule has 48 heavy (non-hydrogen) atoms. The Bertz CT molecular complexity index is 1290. The third-order valence-corrected chi connectivity index (χ3v) is 14.9. The van der Waals surface area contributed by atoms with E-state index in [1.54, 1.807) is 0 Å². The minimum atomic E-state index is -1.11. The van der Waals surface area contributed by atoms with Gasteiger partial charge >= 0.3 is 23.9 Å². The average Bonchev–Trinajstić information content (AvgIpc) is 3.38. The molecule has 0 aromatic carbocycles. The molecule has 5 saturated carbocycles. The smallest absolute Gasteiger partial charge is 0.332 e. The van der Waals surface area contributed by atoms with Gasteiger partial charge in [0, 0.05) is 10.8 Å². The molecule has 0 radical (unpaired) electrons. The lowest BCUT2D eigenvalue weighted by Crippen LogP contribution is -2.67. The molecule has 0 saturated heterocycles. The first-order valence-electron chi connectivity index (χ1n) is 18.0. The fourth-order valence-electron chi connectivity index (χ4n) is 12.6.